The Morgan fingerprint density at radius 3 is 2.86 bits per heavy atom. The van der Waals surface area contributed by atoms with Gasteiger partial charge in [-0.25, -0.2) is 0 Å². The van der Waals surface area contributed by atoms with E-state index >= 15 is 0 Å². The molecule has 3 fully saturated rings. The number of pyridine rings is 1. The third-order valence-corrected chi connectivity index (χ3v) is 6.87. The van der Waals surface area contributed by atoms with Crippen LogP contribution in [0.2, 0.25) is 0 Å². The number of nitrogens with zero attached hydrogens (tertiary/aromatic N) is 5. The van der Waals surface area contributed by atoms with Gasteiger partial charge < -0.3 is 18.7 Å². The third-order valence-electron chi connectivity index (χ3n) is 6.87. The van der Waals surface area contributed by atoms with E-state index in [0.717, 1.165) is 63.4 Å². The number of likely N-dealkylation sites (tertiary alicyclic amines) is 1. The zero-order valence-corrected chi connectivity index (χ0v) is 16.1. The van der Waals surface area contributed by atoms with E-state index in [-0.39, 0.29) is 5.56 Å². The zero-order chi connectivity index (χ0) is 18.8. The first-order valence-corrected chi connectivity index (χ1v) is 10.3. The van der Waals surface area contributed by atoms with E-state index in [1.54, 1.807) is 0 Å². The molecule has 148 valence electrons. The molecule has 6 heterocycles. The van der Waals surface area contributed by atoms with E-state index in [1.165, 1.54) is 0 Å². The molecular formula is C20H25N5O3. The normalized spacial score (nSPS) is 31.4. The summed E-state index contributed by atoms with van der Waals surface area (Å²) in [5.74, 6) is 2.04. The Bertz CT molecular complexity index is 969. The van der Waals surface area contributed by atoms with Gasteiger partial charge in [-0.1, -0.05) is 6.07 Å². The van der Waals surface area contributed by atoms with Crippen molar-refractivity contribution >= 4 is 5.95 Å². The Hall–Kier alpha value is -2.19. The summed E-state index contributed by atoms with van der Waals surface area (Å²) in [4.78, 5) is 22.3. The Morgan fingerprint density at radius 1 is 1.18 bits per heavy atom. The fraction of sp³-hybridized carbons (Fsp3) is 0.650. The average molecular weight is 383 g/mol. The van der Waals surface area contributed by atoms with E-state index in [0.29, 0.717) is 35.8 Å². The third kappa shape index (κ3) is 2.62. The van der Waals surface area contributed by atoms with Crippen LogP contribution in [0.3, 0.4) is 0 Å². The van der Waals surface area contributed by atoms with Crippen LogP contribution in [0.5, 0.6) is 0 Å². The maximum absolute atomic E-state index is 13.2. The monoisotopic (exact) mass is 383 g/mol. The van der Waals surface area contributed by atoms with Gasteiger partial charge in [0.05, 0.1) is 12.7 Å². The smallest absolute Gasteiger partial charge is 0.266 e. The first kappa shape index (κ1) is 16.7. The summed E-state index contributed by atoms with van der Waals surface area (Å²) in [7, 11) is 0. The molecule has 6 rings (SSSR count). The molecule has 8 nitrogen and oxygen atoms in total. The molecule has 4 atom stereocenters. The number of rotatable bonds is 3. The van der Waals surface area contributed by atoms with Crippen LogP contribution < -0.4 is 10.5 Å². The number of fused-ring (bicyclic) bond motifs is 6. The molecule has 4 aliphatic rings. The van der Waals surface area contributed by atoms with Crippen molar-refractivity contribution in [1.29, 1.82) is 0 Å². The molecule has 2 aromatic rings. The minimum atomic E-state index is 0.194. The minimum Gasteiger partial charge on any atom is -0.375 e. The number of morpholine rings is 1. The quantitative estimate of drug-likeness (QED) is 0.786. The van der Waals surface area contributed by atoms with Crippen LogP contribution in [0, 0.1) is 12.8 Å². The van der Waals surface area contributed by atoms with Crippen molar-refractivity contribution in [3.63, 3.8) is 0 Å². The average Bonchev–Trinajstić information content (AvgIpc) is 3.41. The van der Waals surface area contributed by atoms with Crippen LogP contribution in [0.25, 0.3) is 0 Å². The van der Waals surface area contributed by atoms with Gasteiger partial charge in [-0.3, -0.25) is 9.69 Å². The van der Waals surface area contributed by atoms with Gasteiger partial charge in [0.25, 0.3) is 11.5 Å². The standard InChI is InChI=1S/C20H25N5O3/c1-12-21-20(22-28-12)24-6-13-4-15(9-24)18-3-2-14(19(26)25(18)7-13)8-23-10-17-5-16(23)11-27-17/h2-3,13,15-17H,4-11H2,1H3/t13-,15+,16+,17+/m0/s1. The lowest BCUT2D eigenvalue weighted by Crippen LogP contribution is -2.48. The molecule has 2 aromatic heterocycles. The Labute approximate surface area is 163 Å². The summed E-state index contributed by atoms with van der Waals surface area (Å²) < 4.78 is 12.9. The fourth-order valence-electron chi connectivity index (χ4n) is 5.58. The van der Waals surface area contributed by atoms with Crippen LogP contribution in [0.4, 0.5) is 5.95 Å². The predicted molar refractivity (Wildman–Crippen MR) is 101 cm³/mol. The van der Waals surface area contributed by atoms with E-state index in [4.69, 9.17) is 9.26 Å². The molecule has 0 saturated carbocycles. The van der Waals surface area contributed by atoms with Gasteiger partial charge in [0.15, 0.2) is 0 Å². The lowest BCUT2D eigenvalue weighted by Gasteiger charge is -2.42. The first-order chi connectivity index (χ1) is 13.6. The van der Waals surface area contributed by atoms with Gasteiger partial charge in [-0.05, 0) is 30.0 Å². The topological polar surface area (TPSA) is 76.6 Å². The van der Waals surface area contributed by atoms with E-state index in [1.807, 2.05) is 11.5 Å². The van der Waals surface area contributed by atoms with Gasteiger partial charge in [-0.15, -0.1) is 0 Å². The van der Waals surface area contributed by atoms with Crippen LogP contribution in [0.15, 0.2) is 21.5 Å². The van der Waals surface area contributed by atoms with Crippen molar-refractivity contribution < 1.29 is 9.26 Å². The molecular weight excluding hydrogens is 358 g/mol. The summed E-state index contributed by atoms with van der Waals surface area (Å²) >= 11 is 0. The summed E-state index contributed by atoms with van der Waals surface area (Å²) in [6, 6.07) is 4.71. The van der Waals surface area contributed by atoms with Crippen molar-refractivity contribution in [2.24, 2.45) is 5.92 Å². The predicted octanol–water partition coefficient (Wildman–Crippen LogP) is 1.14. The second kappa shape index (κ2) is 6.15. The van der Waals surface area contributed by atoms with E-state index in [2.05, 4.69) is 32.1 Å². The van der Waals surface area contributed by atoms with Gasteiger partial charge in [0.1, 0.15) is 0 Å². The second-order valence-electron chi connectivity index (χ2n) is 8.79. The fourth-order valence-corrected chi connectivity index (χ4v) is 5.58. The Morgan fingerprint density at radius 2 is 2.11 bits per heavy atom. The molecule has 28 heavy (non-hydrogen) atoms. The van der Waals surface area contributed by atoms with Gasteiger partial charge in [0.2, 0.25) is 5.89 Å². The summed E-state index contributed by atoms with van der Waals surface area (Å²) in [6.45, 7) is 6.81. The highest BCUT2D eigenvalue weighted by molar-refractivity contribution is 5.33. The maximum atomic E-state index is 13.2. The molecule has 4 aliphatic heterocycles. The summed E-state index contributed by atoms with van der Waals surface area (Å²) in [5.41, 5.74) is 2.27. The minimum absolute atomic E-state index is 0.194. The second-order valence-corrected chi connectivity index (χ2v) is 8.79. The van der Waals surface area contributed by atoms with Gasteiger partial charge in [0, 0.05) is 62.9 Å². The molecule has 0 radical (unpaired) electrons. The van der Waals surface area contributed by atoms with Crippen molar-refractivity contribution in [3.05, 3.63) is 39.6 Å². The molecule has 8 heteroatoms. The Kier molecular flexibility index (Phi) is 3.68. The summed E-state index contributed by atoms with van der Waals surface area (Å²) in [5, 5.41) is 4.09. The number of hydrogen-bond donors (Lipinski definition) is 0. The highest BCUT2D eigenvalue weighted by atomic mass is 16.5. The largest absolute Gasteiger partial charge is 0.375 e. The number of aryl methyl sites for hydroxylation is 1. The van der Waals surface area contributed by atoms with Gasteiger partial charge >= 0.3 is 0 Å². The van der Waals surface area contributed by atoms with Crippen LogP contribution in [-0.2, 0) is 17.8 Å². The highest BCUT2D eigenvalue weighted by Crippen LogP contribution is 2.36. The number of hydrogen-bond acceptors (Lipinski definition) is 7. The number of aromatic nitrogens is 3. The van der Waals surface area contributed by atoms with E-state index in [9.17, 15) is 4.79 Å². The molecule has 0 amide bonds. The van der Waals surface area contributed by atoms with Crippen molar-refractivity contribution in [2.75, 3.05) is 31.1 Å². The number of ether oxygens (including phenoxy) is 1. The maximum Gasteiger partial charge on any atom is 0.266 e. The van der Waals surface area contributed by atoms with Crippen LogP contribution >= 0.6 is 0 Å². The molecule has 0 unspecified atom stereocenters. The molecule has 3 saturated heterocycles. The lowest BCUT2D eigenvalue weighted by atomic mass is 9.83. The molecule has 0 N–H and O–H groups in total. The molecule has 0 aromatic carbocycles. The first-order valence-electron chi connectivity index (χ1n) is 10.3. The Balaban J connectivity index is 1.26. The van der Waals surface area contributed by atoms with Crippen molar-refractivity contribution in [2.45, 2.75) is 50.9 Å². The highest BCUT2D eigenvalue weighted by Gasteiger charge is 2.40. The molecule has 0 spiro atoms. The van der Waals surface area contributed by atoms with Gasteiger partial charge in [-0.2, -0.15) is 4.98 Å². The SMILES string of the molecule is Cc1nc(N2C[C@@H]3C[C@H](C2)c2ccc(CN4C[C@H]5C[C@@H]4CO5)c(=O)n2C3)no1. The van der Waals surface area contributed by atoms with Crippen LogP contribution in [-0.4, -0.2) is 58.0 Å². The van der Waals surface area contributed by atoms with Crippen molar-refractivity contribution in [3.8, 4) is 0 Å². The zero-order valence-electron chi connectivity index (χ0n) is 16.1. The van der Waals surface area contributed by atoms with E-state index < -0.39 is 0 Å². The molecule has 4 bridgehead atoms. The summed E-state index contributed by atoms with van der Waals surface area (Å²) in [6.07, 6.45) is 2.60. The lowest BCUT2D eigenvalue weighted by molar-refractivity contribution is 0.0271. The number of piperidine rings is 1. The number of anilines is 1. The van der Waals surface area contributed by atoms with Crippen molar-refractivity contribution in [1.82, 2.24) is 19.6 Å². The molecule has 0 aliphatic carbocycles. The van der Waals surface area contributed by atoms with Crippen LogP contribution in [0.1, 0.15) is 35.9 Å².